The zero-order valence-corrected chi connectivity index (χ0v) is 12.7. The summed E-state index contributed by atoms with van der Waals surface area (Å²) in [5.74, 6) is -0.137. The largest absolute Gasteiger partial charge is 0.496 e. The summed E-state index contributed by atoms with van der Waals surface area (Å²) in [6.07, 6.45) is 0.461. The van der Waals surface area contributed by atoms with Crippen LogP contribution in [0.3, 0.4) is 0 Å². The van der Waals surface area contributed by atoms with Crippen LogP contribution in [0.2, 0.25) is 0 Å². The van der Waals surface area contributed by atoms with Gasteiger partial charge in [0, 0.05) is 19.5 Å². The molecule has 0 radical (unpaired) electrons. The van der Waals surface area contributed by atoms with Gasteiger partial charge in [0.25, 0.3) is 0 Å². The maximum atomic E-state index is 11.5. The third-order valence-corrected chi connectivity index (χ3v) is 3.14. The molecule has 0 aromatic heterocycles. The first kappa shape index (κ1) is 16.3. The number of urea groups is 1. The van der Waals surface area contributed by atoms with E-state index < -0.39 is 5.97 Å². The zero-order chi connectivity index (χ0) is 15.0. The molecule has 6 nitrogen and oxygen atoms in total. The van der Waals surface area contributed by atoms with Crippen LogP contribution in [0.25, 0.3) is 0 Å². The lowest BCUT2D eigenvalue weighted by Crippen LogP contribution is -2.35. The van der Waals surface area contributed by atoms with E-state index in [-0.39, 0.29) is 12.5 Å². The highest BCUT2D eigenvalue weighted by atomic mass is 79.9. The molecule has 0 atom stereocenters. The summed E-state index contributed by atoms with van der Waals surface area (Å²) in [4.78, 5) is 21.8. The van der Waals surface area contributed by atoms with Crippen molar-refractivity contribution in [3.8, 4) is 5.75 Å². The summed E-state index contributed by atoms with van der Waals surface area (Å²) in [5.41, 5.74) is 0.929. The van der Waals surface area contributed by atoms with Gasteiger partial charge in [0.1, 0.15) is 5.75 Å². The van der Waals surface area contributed by atoms with Crippen LogP contribution in [0.1, 0.15) is 18.4 Å². The van der Waals surface area contributed by atoms with Crippen molar-refractivity contribution in [3.05, 3.63) is 28.2 Å². The monoisotopic (exact) mass is 344 g/mol. The van der Waals surface area contributed by atoms with E-state index in [2.05, 4.69) is 26.6 Å². The van der Waals surface area contributed by atoms with Crippen LogP contribution in [0.4, 0.5) is 4.79 Å². The average molecular weight is 345 g/mol. The van der Waals surface area contributed by atoms with Crippen molar-refractivity contribution in [2.24, 2.45) is 0 Å². The Bertz CT molecular complexity index is 479. The van der Waals surface area contributed by atoms with Crippen LogP contribution in [0, 0.1) is 0 Å². The van der Waals surface area contributed by atoms with E-state index in [0.29, 0.717) is 19.5 Å². The molecule has 0 saturated heterocycles. The number of ether oxygens (including phenoxy) is 1. The molecule has 7 heteroatoms. The Hall–Kier alpha value is -1.76. The van der Waals surface area contributed by atoms with E-state index in [0.717, 1.165) is 15.8 Å². The summed E-state index contributed by atoms with van der Waals surface area (Å²) in [6.45, 7) is 0.720. The molecule has 0 aliphatic carbocycles. The van der Waals surface area contributed by atoms with Crippen LogP contribution in [0.15, 0.2) is 22.7 Å². The molecule has 0 bridgehead atoms. The maximum Gasteiger partial charge on any atom is 0.315 e. The number of hydrogen-bond donors (Lipinski definition) is 3. The lowest BCUT2D eigenvalue weighted by atomic mass is 10.2. The number of rotatable bonds is 7. The fourth-order valence-corrected chi connectivity index (χ4v) is 2.09. The molecule has 20 heavy (non-hydrogen) atoms. The number of nitrogens with one attached hydrogen (secondary N) is 2. The molecule has 110 valence electrons. The van der Waals surface area contributed by atoms with Gasteiger partial charge in [-0.1, -0.05) is 6.07 Å². The molecule has 0 saturated carbocycles. The van der Waals surface area contributed by atoms with Gasteiger partial charge in [-0.15, -0.1) is 0 Å². The minimum atomic E-state index is -0.865. The molecule has 0 unspecified atom stereocenters. The number of hydrogen-bond acceptors (Lipinski definition) is 3. The van der Waals surface area contributed by atoms with Gasteiger partial charge in [-0.25, -0.2) is 4.79 Å². The molecule has 0 heterocycles. The molecule has 0 fully saturated rings. The Balaban J connectivity index is 2.30. The Morgan fingerprint density at radius 3 is 2.70 bits per heavy atom. The van der Waals surface area contributed by atoms with Crippen LogP contribution in [-0.4, -0.2) is 30.8 Å². The van der Waals surface area contributed by atoms with Crippen molar-refractivity contribution < 1.29 is 19.4 Å². The Kier molecular flexibility index (Phi) is 6.86. The first-order valence-corrected chi connectivity index (χ1v) is 6.88. The van der Waals surface area contributed by atoms with Gasteiger partial charge >= 0.3 is 12.0 Å². The highest BCUT2D eigenvalue weighted by molar-refractivity contribution is 9.10. The lowest BCUT2D eigenvalue weighted by Gasteiger charge is -2.09. The number of amides is 2. The Morgan fingerprint density at radius 1 is 1.35 bits per heavy atom. The van der Waals surface area contributed by atoms with Crippen molar-refractivity contribution in [2.75, 3.05) is 13.7 Å². The van der Waals surface area contributed by atoms with E-state index >= 15 is 0 Å². The van der Waals surface area contributed by atoms with E-state index in [4.69, 9.17) is 9.84 Å². The maximum absolute atomic E-state index is 11.5. The van der Waals surface area contributed by atoms with Gasteiger partial charge in [0.15, 0.2) is 0 Å². The van der Waals surface area contributed by atoms with E-state index in [1.165, 1.54) is 0 Å². The van der Waals surface area contributed by atoms with E-state index in [1.54, 1.807) is 7.11 Å². The third kappa shape index (κ3) is 5.92. The van der Waals surface area contributed by atoms with Crippen molar-refractivity contribution in [1.29, 1.82) is 0 Å². The quantitative estimate of drug-likeness (QED) is 0.661. The van der Waals surface area contributed by atoms with Gasteiger partial charge in [0.05, 0.1) is 11.6 Å². The second-order valence-corrected chi connectivity index (χ2v) is 4.93. The highest BCUT2D eigenvalue weighted by Crippen LogP contribution is 2.25. The highest BCUT2D eigenvalue weighted by Gasteiger charge is 2.04. The van der Waals surface area contributed by atoms with Crippen LogP contribution >= 0.6 is 15.9 Å². The minimum Gasteiger partial charge on any atom is -0.496 e. The number of halogens is 1. The molecule has 1 aromatic rings. The third-order valence-electron chi connectivity index (χ3n) is 2.52. The van der Waals surface area contributed by atoms with Crippen LogP contribution in [0.5, 0.6) is 5.75 Å². The van der Waals surface area contributed by atoms with E-state index in [9.17, 15) is 9.59 Å². The smallest absolute Gasteiger partial charge is 0.315 e. The number of benzene rings is 1. The predicted molar refractivity (Wildman–Crippen MR) is 77.8 cm³/mol. The molecule has 2 amide bonds. The summed E-state index contributed by atoms with van der Waals surface area (Å²) in [5, 5.41) is 13.7. The van der Waals surface area contributed by atoms with Crippen molar-refractivity contribution in [1.82, 2.24) is 10.6 Å². The van der Waals surface area contributed by atoms with Gasteiger partial charge in [-0.2, -0.15) is 0 Å². The summed E-state index contributed by atoms with van der Waals surface area (Å²) < 4.78 is 5.94. The second-order valence-electron chi connectivity index (χ2n) is 4.08. The number of carboxylic acids is 1. The molecule has 0 aliphatic heterocycles. The predicted octanol–water partition coefficient (Wildman–Crippen LogP) is 2.12. The Morgan fingerprint density at radius 2 is 2.10 bits per heavy atom. The minimum absolute atomic E-state index is 0.0473. The standard InChI is InChI=1S/C13H17BrN2O4/c1-20-11-5-4-9(7-10(11)14)8-16-13(19)15-6-2-3-12(17)18/h4-5,7H,2-3,6,8H2,1H3,(H,17,18)(H2,15,16,19). The first-order valence-electron chi connectivity index (χ1n) is 6.09. The molecule has 1 aromatic carbocycles. The average Bonchev–Trinajstić information content (AvgIpc) is 2.41. The molecular weight excluding hydrogens is 328 g/mol. The Labute approximate surface area is 125 Å². The van der Waals surface area contributed by atoms with Gasteiger partial charge in [-0.3, -0.25) is 4.79 Å². The fraction of sp³-hybridized carbons (Fsp3) is 0.385. The van der Waals surface area contributed by atoms with Gasteiger partial charge in [-0.05, 0) is 40.0 Å². The summed E-state index contributed by atoms with van der Waals surface area (Å²) >= 11 is 3.37. The normalized spacial score (nSPS) is 9.90. The van der Waals surface area contributed by atoms with Crippen LogP contribution < -0.4 is 15.4 Å². The number of methoxy groups -OCH3 is 1. The molecule has 3 N–H and O–H groups in total. The molecule has 0 aliphatic rings. The van der Waals surface area contributed by atoms with E-state index in [1.807, 2.05) is 18.2 Å². The number of aliphatic carboxylic acids is 1. The summed E-state index contributed by atoms with van der Waals surface area (Å²) in [7, 11) is 1.59. The first-order chi connectivity index (χ1) is 9.52. The molecular formula is C13H17BrN2O4. The number of carboxylic acid groups (broad SMARTS) is 1. The second kappa shape index (κ2) is 8.42. The van der Waals surface area contributed by atoms with Crippen molar-refractivity contribution in [3.63, 3.8) is 0 Å². The van der Waals surface area contributed by atoms with Gasteiger partial charge in [0.2, 0.25) is 0 Å². The van der Waals surface area contributed by atoms with Crippen LogP contribution in [-0.2, 0) is 11.3 Å². The molecule has 1 rings (SSSR count). The van der Waals surface area contributed by atoms with Gasteiger partial charge < -0.3 is 20.5 Å². The summed E-state index contributed by atoms with van der Waals surface area (Å²) in [6, 6.07) is 5.21. The lowest BCUT2D eigenvalue weighted by molar-refractivity contribution is -0.137. The fourth-order valence-electron chi connectivity index (χ4n) is 1.51. The zero-order valence-electron chi connectivity index (χ0n) is 11.1. The van der Waals surface area contributed by atoms with Crippen molar-refractivity contribution in [2.45, 2.75) is 19.4 Å². The topological polar surface area (TPSA) is 87.7 Å². The molecule has 0 spiro atoms. The number of carbonyl (C=O) groups is 2. The number of carbonyl (C=O) groups excluding carboxylic acids is 1. The SMILES string of the molecule is COc1ccc(CNC(=O)NCCCC(=O)O)cc1Br. The van der Waals surface area contributed by atoms with Crippen molar-refractivity contribution >= 4 is 27.9 Å².